The Labute approximate surface area is 84.4 Å². The zero-order valence-electron chi connectivity index (χ0n) is 9.73. The van der Waals surface area contributed by atoms with Crippen LogP contribution in [-0.2, 0) is 0 Å². The maximum Gasteiger partial charge on any atom is -0.0302 e. The highest BCUT2D eigenvalue weighted by Gasteiger charge is 2.14. The molecule has 0 aliphatic rings. The van der Waals surface area contributed by atoms with Crippen LogP contribution in [-0.4, -0.2) is 0 Å². The average molecular weight is 182 g/mol. The van der Waals surface area contributed by atoms with Gasteiger partial charge in [-0.3, -0.25) is 0 Å². The van der Waals surface area contributed by atoms with E-state index in [9.17, 15) is 0 Å². The van der Waals surface area contributed by atoms with E-state index in [0.717, 1.165) is 6.42 Å². The van der Waals surface area contributed by atoms with Crippen LogP contribution in [0.3, 0.4) is 0 Å². The maximum absolute atomic E-state index is 3.80. The number of allylic oxidation sites excluding steroid dienone is 1. The number of hydrogen-bond donors (Lipinski definition) is 0. The van der Waals surface area contributed by atoms with Crippen LogP contribution in [0.25, 0.3) is 0 Å². The molecule has 0 heterocycles. The van der Waals surface area contributed by atoms with E-state index < -0.39 is 0 Å². The Hall–Kier alpha value is -0.260. The van der Waals surface area contributed by atoms with Crippen molar-refractivity contribution in [3.05, 3.63) is 12.7 Å². The number of rotatable bonds is 8. The van der Waals surface area contributed by atoms with E-state index in [1.165, 1.54) is 38.5 Å². The first-order valence-electron chi connectivity index (χ1n) is 5.73. The summed E-state index contributed by atoms with van der Waals surface area (Å²) < 4.78 is 0. The molecule has 0 aliphatic heterocycles. The fourth-order valence-corrected chi connectivity index (χ4v) is 1.70. The van der Waals surface area contributed by atoms with Gasteiger partial charge >= 0.3 is 0 Å². The fraction of sp³-hybridized carbons (Fsp3) is 0.846. The molecule has 0 N–H and O–H groups in total. The topological polar surface area (TPSA) is 0 Å². The lowest BCUT2D eigenvalue weighted by Gasteiger charge is -2.22. The molecule has 0 saturated carbocycles. The summed E-state index contributed by atoms with van der Waals surface area (Å²) in [5.41, 5.74) is 0.480. The first kappa shape index (κ1) is 12.7. The van der Waals surface area contributed by atoms with Crippen LogP contribution in [0, 0.1) is 5.41 Å². The maximum atomic E-state index is 3.80. The van der Waals surface area contributed by atoms with E-state index in [1.54, 1.807) is 0 Å². The minimum atomic E-state index is 0.480. The van der Waals surface area contributed by atoms with Crippen molar-refractivity contribution in [2.45, 2.75) is 65.7 Å². The normalized spacial score (nSPS) is 11.6. The number of unbranched alkanes of at least 4 members (excludes halogenated alkanes) is 4. The second-order valence-electron chi connectivity index (χ2n) is 4.82. The van der Waals surface area contributed by atoms with Gasteiger partial charge in [0.05, 0.1) is 0 Å². The zero-order valence-corrected chi connectivity index (χ0v) is 9.73. The molecule has 0 nitrogen and oxygen atoms in total. The molecular formula is C13H26. The summed E-state index contributed by atoms with van der Waals surface area (Å²) in [6.45, 7) is 10.8. The Morgan fingerprint density at radius 1 is 1.08 bits per heavy atom. The second kappa shape index (κ2) is 7.17. The van der Waals surface area contributed by atoms with Crippen LogP contribution in [0.2, 0.25) is 0 Å². The highest BCUT2D eigenvalue weighted by atomic mass is 14.2. The van der Waals surface area contributed by atoms with Gasteiger partial charge < -0.3 is 0 Å². The molecule has 0 aromatic rings. The van der Waals surface area contributed by atoms with Crippen LogP contribution in [0.15, 0.2) is 12.7 Å². The second-order valence-corrected chi connectivity index (χ2v) is 4.82. The molecule has 78 valence electrons. The van der Waals surface area contributed by atoms with Gasteiger partial charge in [-0.1, -0.05) is 59.0 Å². The summed E-state index contributed by atoms with van der Waals surface area (Å²) in [5.74, 6) is 0. The lowest BCUT2D eigenvalue weighted by atomic mass is 9.84. The molecule has 0 atom stereocenters. The van der Waals surface area contributed by atoms with Gasteiger partial charge in [-0.05, 0) is 18.3 Å². The molecule has 0 aromatic carbocycles. The predicted octanol–water partition coefficient (Wildman–Crippen LogP) is 4.95. The molecule has 0 rings (SSSR count). The summed E-state index contributed by atoms with van der Waals surface area (Å²) in [6.07, 6.45) is 11.5. The van der Waals surface area contributed by atoms with Gasteiger partial charge in [0.2, 0.25) is 0 Å². The molecule has 0 fully saturated rings. The van der Waals surface area contributed by atoms with Gasteiger partial charge in [0.15, 0.2) is 0 Å². The minimum Gasteiger partial charge on any atom is -0.103 e. The highest BCUT2D eigenvalue weighted by molar-refractivity contribution is 4.79. The molecule has 13 heavy (non-hydrogen) atoms. The van der Waals surface area contributed by atoms with E-state index in [1.807, 2.05) is 6.08 Å². The molecule has 0 saturated heterocycles. The van der Waals surface area contributed by atoms with E-state index in [-0.39, 0.29) is 0 Å². The van der Waals surface area contributed by atoms with Gasteiger partial charge in [0.1, 0.15) is 0 Å². The van der Waals surface area contributed by atoms with Gasteiger partial charge in [0.25, 0.3) is 0 Å². The lowest BCUT2D eigenvalue weighted by molar-refractivity contribution is 0.323. The number of hydrogen-bond acceptors (Lipinski definition) is 0. The molecule has 0 radical (unpaired) electrons. The third-order valence-electron chi connectivity index (χ3n) is 2.65. The van der Waals surface area contributed by atoms with Crippen molar-refractivity contribution >= 4 is 0 Å². The molecule has 0 unspecified atom stereocenters. The molecule has 0 spiro atoms. The average Bonchev–Trinajstić information content (AvgIpc) is 2.04. The SMILES string of the molecule is C=CCC(C)(C)CCCCCCC. The summed E-state index contributed by atoms with van der Waals surface area (Å²) >= 11 is 0. The van der Waals surface area contributed by atoms with Gasteiger partial charge in [-0.2, -0.15) is 0 Å². The van der Waals surface area contributed by atoms with Gasteiger partial charge in [-0.15, -0.1) is 6.58 Å². The van der Waals surface area contributed by atoms with E-state index >= 15 is 0 Å². The first-order chi connectivity index (χ1) is 6.12. The third-order valence-corrected chi connectivity index (χ3v) is 2.65. The molecule has 0 bridgehead atoms. The third kappa shape index (κ3) is 8.08. The van der Waals surface area contributed by atoms with Gasteiger partial charge in [-0.25, -0.2) is 0 Å². The molecule has 0 aliphatic carbocycles. The largest absolute Gasteiger partial charge is 0.103 e. The Morgan fingerprint density at radius 3 is 2.23 bits per heavy atom. The molecule has 0 aromatic heterocycles. The Balaban J connectivity index is 3.34. The first-order valence-corrected chi connectivity index (χ1v) is 5.73. The van der Waals surface area contributed by atoms with E-state index in [4.69, 9.17) is 0 Å². The highest BCUT2D eigenvalue weighted by Crippen LogP contribution is 2.28. The summed E-state index contributed by atoms with van der Waals surface area (Å²) in [7, 11) is 0. The van der Waals surface area contributed by atoms with Crippen LogP contribution in [0.5, 0.6) is 0 Å². The van der Waals surface area contributed by atoms with Crippen molar-refractivity contribution in [3.8, 4) is 0 Å². The van der Waals surface area contributed by atoms with Crippen LogP contribution in [0.1, 0.15) is 65.7 Å². The molecule has 0 amide bonds. The Morgan fingerprint density at radius 2 is 1.69 bits per heavy atom. The van der Waals surface area contributed by atoms with E-state index in [2.05, 4.69) is 27.4 Å². The van der Waals surface area contributed by atoms with Crippen molar-refractivity contribution in [1.82, 2.24) is 0 Å². The Bertz CT molecular complexity index is 122. The van der Waals surface area contributed by atoms with Crippen molar-refractivity contribution in [2.24, 2.45) is 5.41 Å². The smallest absolute Gasteiger partial charge is 0.0302 e. The van der Waals surface area contributed by atoms with Crippen molar-refractivity contribution in [2.75, 3.05) is 0 Å². The van der Waals surface area contributed by atoms with Crippen molar-refractivity contribution in [1.29, 1.82) is 0 Å². The fourth-order valence-electron chi connectivity index (χ4n) is 1.70. The summed E-state index contributed by atoms with van der Waals surface area (Å²) in [6, 6.07) is 0. The minimum absolute atomic E-state index is 0.480. The monoisotopic (exact) mass is 182 g/mol. The van der Waals surface area contributed by atoms with Gasteiger partial charge in [0, 0.05) is 0 Å². The molecule has 0 heteroatoms. The van der Waals surface area contributed by atoms with Crippen molar-refractivity contribution in [3.63, 3.8) is 0 Å². The quantitative estimate of drug-likeness (QED) is 0.368. The molecular weight excluding hydrogens is 156 g/mol. The zero-order chi connectivity index (χ0) is 10.2. The van der Waals surface area contributed by atoms with Crippen molar-refractivity contribution < 1.29 is 0 Å². The van der Waals surface area contributed by atoms with Crippen LogP contribution < -0.4 is 0 Å². The van der Waals surface area contributed by atoms with E-state index in [0.29, 0.717) is 5.41 Å². The standard InChI is InChI=1S/C13H26/c1-5-7-8-9-10-12-13(3,4)11-6-2/h6H,2,5,7-12H2,1,3-4H3. The van der Waals surface area contributed by atoms with Crippen LogP contribution in [0.4, 0.5) is 0 Å². The van der Waals surface area contributed by atoms with Crippen LogP contribution >= 0.6 is 0 Å². The summed E-state index contributed by atoms with van der Waals surface area (Å²) in [5, 5.41) is 0. The predicted molar refractivity (Wildman–Crippen MR) is 62.0 cm³/mol. The lowest BCUT2D eigenvalue weighted by Crippen LogP contribution is -2.09. The Kier molecular flexibility index (Phi) is 7.03. The summed E-state index contributed by atoms with van der Waals surface area (Å²) in [4.78, 5) is 0.